The highest BCUT2D eigenvalue weighted by Crippen LogP contribution is 2.14. The minimum absolute atomic E-state index is 0.304. The maximum atomic E-state index is 10.4. The fourth-order valence-corrected chi connectivity index (χ4v) is 1.50. The van der Waals surface area contributed by atoms with Gasteiger partial charge >= 0.3 is 5.88 Å². The van der Waals surface area contributed by atoms with E-state index in [2.05, 4.69) is 10.5 Å². The normalized spacial score (nSPS) is 10.7. The number of nitrogens with zero attached hydrogens (tertiary/aromatic N) is 2. The number of nitrogens with one attached hydrogen (secondary N) is 1. The van der Waals surface area contributed by atoms with Crippen LogP contribution in [-0.2, 0) is 6.54 Å². The Morgan fingerprint density at radius 3 is 2.70 bits per heavy atom. The van der Waals surface area contributed by atoms with Gasteiger partial charge in [0.25, 0.3) is 0 Å². The molecule has 0 amide bonds. The Bertz CT molecular complexity index is 604. The van der Waals surface area contributed by atoms with Gasteiger partial charge in [-0.1, -0.05) is 12.1 Å². The second-order valence-electron chi connectivity index (χ2n) is 3.87. The molecule has 0 spiro atoms. The summed E-state index contributed by atoms with van der Waals surface area (Å²) >= 11 is 0. The van der Waals surface area contributed by atoms with Gasteiger partial charge in [-0.05, 0) is 23.8 Å². The average molecular weight is 275 g/mol. The van der Waals surface area contributed by atoms with Crippen molar-refractivity contribution in [1.29, 1.82) is 0 Å². The molecule has 104 valence electrons. The first-order valence-electron chi connectivity index (χ1n) is 5.82. The molecule has 1 aromatic heterocycles. The maximum absolute atomic E-state index is 10.4. The minimum Gasteiger partial charge on any atom is -0.497 e. The second kappa shape index (κ2) is 6.37. The van der Waals surface area contributed by atoms with E-state index in [1.165, 1.54) is 18.3 Å². The number of benzene rings is 1. The molecule has 0 fully saturated rings. The van der Waals surface area contributed by atoms with Gasteiger partial charge in [-0.2, -0.15) is 5.10 Å². The van der Waals surface area contributed by atoms with E-state index in [1.54, 1.807) is 7.11 Å². The molecule has 0 aliphatic rings. The summed E-state index contributed by atoms with van der Waals surface area (Å²) in [6.07, 6.45) is 1.39. The summed E-state index contributed by atoms with van der Waals surface area (Å²) in [5.74, 6) is 0.806. The van der Waals surface area contributed by atoms with Crippen LogP contribution in [0, 0.1) is 10.1 Å². The monoisotopic (exact) mass is 275 g/mol. The summed E-state index contributed by atoms with van der Waals surface area (Å²) in [6, 6.07) is 10.3. The van der Waals surface area contributed by atoms with E-state index in [9.17, 15) is 10.1 Å². The minimum atomic E-state index is -0.595. The van der Waals surface area contributed by atoms with E-state index >= 15 is 0 Å². The van der Waals surface area contributed by atoms with Gasteiger partial charge in [0, 0.05) is 0 Å². The molecule has 0 aliphatic heterocycles. The summed E-state index contributed by atoms with van der Waals surface area (Å²) in [7, 11) is 1.61. The molecule has 20 heavy (non-hydrogen) atoms. The van der Waals surface area contributed by atoms with E-state index in [1.807, 2.05) is 24.3 Å². The molecule has 7 heteroatoms. The maximum Gasteiger partial charge on any atom is 0.433 e. The van der Waals surface area contributed by atoms with E-state index in [-0.39, 0.29) is 5.88 Å². The van der Waals surface area contributed by atoms with Gasteiger partial charge in [-0.3, -0.25) is 10.1 Å². The number of hydrogen-bond donors (Lipinski definition) is 1. The Morgan fingerprint density at radius 2 is 2.10 bits per heavy atom. The Balaban J connectivity index is 1.84. The highest BCUT2D eigenvalue weighted by atomic mass is 16.6. The summed E-state index contributed by atoms with van der Waals surface area (Å²) in [5, 5.41) is 14.4. The fraction of sp³-hybridized carbons (Fsp3) is 0.154. The molecule has 1 N–H and O–H groups in total. The van der Waals surface area contributed by atoms with Crippen molar-refractivity contribution >= 4 is 12.1 Å². The first kappa shape index (κ1) is 13.6. The van der Waals surface area contributed by atoms with Gasteiger partial charge in [0.15, 0.2) is 5.76 Å². The quantitative estimate of drug-likeness (QED) is 0.496. The number of methoxy groups -OCH3 is 1. The van der Waals surface area contributed by atoms with Crippen molar-refractivity contribution in [1.82, 2.24) is 5.43 Å². The predicted octanol–water partition coefficient (Wildman–Crippen LogP) is 2.32. The molecule has 2 aromatic rings. The van der Waals surface area contributed by atoms with Crippen LogP contribution in [0.5, 0.6) is 5.75 Å². The Kier molecular flexibility index (Phi) is 4.33. The molecule has 2 rings (SSSR count). The van der Waals surface area contributed by atoms with E-state index in [0.29, 0.717) is 12.3 Å². The molecule has 1 heterocycles. The smallest absolute Gasteiger partial charge is 0.433 e. The van der Waals surface area contributed by atoms with Crippen molar-refractivity contribution in [2.24, 2.45) is 5.10 Å². The van der Waals surface area contributed by atoms with Crippen LogP contribution in [0.25, 0.3) is 0 Å². The van der Waals surface area contributed by atoms with E-state index < -0.39 is 4.92 Å². The lowest BCUT2D eigenvalue weighted by Gasteiger charge is -2.02. The van der Waals surface area contributed by atoms with Crippen LogP contribution in [0.4, 0.5) is 5.88 Å². The van der Waals surface area contributed by atoms with Crippen molar-refractivity contribution in [2.45, 2.75) is 6.54 Å². The van der Waals surface area contributed by atoms with E-state index in [0.717, 1.165) is 11.3 Å². The summed E-state index contributed by atoms with van der Waals surface area (Å²) in [6.45, 7) is 0.531. The average Bonchev–Trinajstić information content (AvgIpc) is 2.93. The van der Waals surface area contributed by atoms with Gasteiger partial charge in [-0.25, -0.2) is 0 Å². The van der Waals surface area contributed by atoms with Crippen LogP contribution >= 0.6 is 0 Å². The second-order valence-corrected chi connectivity index (χ2v) is 3.87. The molecule has 7 nitrogen and oxygen atoms in total. The number of hydrogen-bond acceptors (Lipinski definition) is 6. The lowest BCUT2D eigenvalue weighted by Crippen LogP contribution is -2.05. The molecule has 0 saturated heterocycles. The summed E-state index contributed by atoms with van der Waals surface area (Å²) in [5.41, 5.74) is 3.86. The SMILES string of the molecule is COc1ccc(CNN=Cc2ccc([N+](=O)[O-])o2)cc1. The molecule has 0 atom stereocenters. The zero-order valence-corrected chi connectivity index (χ0v) is 10.8. The number of hydrazone groups is 1. The van der Waals surface area contributed by atoms with Crippen molar-refractivity contribution in [3.63, 3.8) is 0 Å². The van der Waals surface area contributed by atoms with Crippen molar-refractivity contribution in [2.75, 3.05) is 7.11 Å². The predicted molar refractivity (Wildman–Crippen MR) is 72.8 cm³/mol. The molecule has 0 unspecified atom stereocenters. The zero-order chi connectivity index (χ0) is 14.4. The van der Waals surface area contributed by atoms with E-state index in [4.69, 9.17) is 9.15 Å². The lowest BCUT2D eigenvalue weighted by atomic mass is 10.2. The third kappa shape index (κ3) is 3.58. The Hall–Kier alpha value is -2.83. The fourth-order valence-electron chi connectivity index (χ4n) is 1.50. The largest absolute Gasteiger partial charge is 0.497 e. The standard InChI is InChI=1S/C13H13N3O4/c1-19-11-4-2-10(3-5-11)8-14-15-9-12-6-7-13(20-12)16(17)18/h2-7,9,14H,8H2,1H3. The first-order chi connectivity index (χ1) is 9.69. The van der Waals surface area contributed by atoms with Crippen LogP contribution < -0.4 is 10.2 Å². The molecule has 1 aromatic carbocycles. The van der Waals surface area contributed by atoms with Gasteiger partial charge in [-0.15, -0.1) is 0 Å². The molecule has 0 bridgehead atoms. The van der Waals surface area contributed by atoms with Crippen LogP contribution in [0.2, 0.25) is 0 Å². The number of rotatable bonds is 6. The van der Waals surface area contributed by atoms with Crippen molar-refractivity contribution in [3.8, 4) is 5.75 Å². The molecular weight excluding hydrogens is 262 g/mol. The van der Waals surface area contributed by atoms with Crippen LogP contribution in [-0.4, -0.2) is 18.2 Å². The third-order valence-electron chi connectivity index (χ3n) is 2.52. The molecular formula is C13H13N3O4. The van der Waals surface area contributed by atoms with Crippen LogP contribution in [0.3, 0.4) is 0 Å². The molecule has 0 radical (unpaired) electrons. The lowest BCUT2D eigenvalue weighted by molar-refractivity contribution is -0.402. The topological polar surface area (TPSA) is 89.9 Å². The van der Waals surface area contributed by atoms with Gasteiger partial charge in [0.05, 0.1) is 25.9 Å². The number of furan rings is 1. The molecule has 0 aliphatic carbocycles. The first-order valence-corrected chi connectivity index (χ1v) is 5.82. The van der Waals surface area contributed by atoms with Gasteiger partial charge in [0.2, 0.25) is 0 Å². The summed E-state index contributed by atoms with van der Waals surface area (Å²) < 4.78 is 9.98. The Labute approximate surface area is 115 Å². The highest BCUT2D eigenvalue weighted by Gasteiger charge is 2.09. The van der Waals surface area contributed by atoms with Gasteiger partial charge in [0.1, 0.15) is 10.7 Å². The number of nitro groups is 1. The zero-order valence-electron chi connectivity index (χ0n) is 10.8. The summed E-state index contributed by atoms with van der Waals surface area (Å²) in [4.78, 5) is 9.83. The highest BCUT2D eigenvalue weighted by molar-refractivity contribution is 5.75. The van der Waals surface area contributed by atoms with Crippen LogP contribution in [0.1, 0.15) is 11.3 Å². The Morgan fingerprint density at radius 1 is 1.35 bits per heavy atom. The molecule has 0 saturated carbocycles. The number of ether oxygens (including phenoxy) is 1. The van der Waals surface area contributed by atoms with Crippen molar-refractivity contribution < 1.29 is 14.1 Å². The van der Waals surface area contributed by atoms with Crippen molar-refractivity contribution in [3.05, 3.63) is 57.8 Å². The third-order valence-corrected chi connectivity index (χ3v) is 2.52. The van der Waals surface area contributed by atoms with Crippen LogP contribution in [0.15, 0.2) is 45.9 Å². The van der Waals surface area contributed by atoms with Gasteiger partial charge < -0.3 is 14.6 Å².